The molecule has 1 aliphatic carbocycles. The van der Waals surface area contributed by atoms with Crippen molar-refractivity contribution in [3.8, 4) is 5.82 Å². The minimum atomic E-state index is 0.736. The maximum atomic E-state index is 4.25. The lowest BCUT2D eigenvalue weighted by molar-refractivity contribution is 0.789. The van der Waals surface area contributed by atoms with Gasteiger partial charge in [0, 0.05) is 17.6 Å². The van der Waals surface area contributed by atoms with Gasteiger partial charge in [-0.05, 0) is 31.0 Å². The van der Waals surface area contributed by atoms with E-state index in [0.717, 1.165) is 16.1 Å². The number of hydrogen-bond acceptors (Lipinski definition) is 4. The smallest absolute Gasteiger partial charge is 0.175 e. The standard InChI is InChI=1S/C12H14N4S/c1-2-5-10(4-1)17-12-7-6-11(14-15-12)16-9-3-8-13-16/h3,6-10H,1-2,4-5H2. The Bertz CT molecular complexity index is 460. The van der Waals surface area contributed by atoms with Gasteiger partial charge in [-0.3, -0.25) is 0 Å². The summed E-state index contributed by atoms with van der Waals surface area (Å²) in [5, 5.41) is 14.3. The molecule has 0 unspecified atom stereocenters. The van der Waals surface area contributed by atoms with Gasteiger partial charge in [-0.25, -0.2) is 4.68 Å². The highest BCUT2D eigenvalue weighted by atomic mass is 32.2. The highest BCUT2D eigenvalue weighted by Gasteiger charge is 2.16. The summed E-state index contributed by atoms with van der Waals surface area (Å²) in [5.74, 6) is 0.769. The summed E-state index contributed by atoms with van der Waals surface area (Å²) in [6.07, 6.45) is 8.95. The molecule has 5 heteroatoms. The molecule has 4 nitrogen and oxygen atoms in total. The second-order valence-corrected chi connectivity index (χ2v) is 5.53. The van der Waals surface area contributed by atoms with Gasteiger partial charge < -0.3 is 0 Å². The van der Waals surface area contributed by atoms with E-state index in [1.807, 2.05) is 36.2 Å². The first-order valence-electron chi connectivity index (χ1n) is 5.92. The maximum Gasteiger partial charge on any atom is 0.175 e. The van der Waals surface area contributed by atoms with E-state index in [1.165, 1.54) is 25.7 Å². The molecule has 0 radical (unpaired) electrons. The summed E-state index contributed by atoms with van der Waals surface area (Å²) in [7, 11) is 0. The van der Waals surface area contributed by atoms with Crippen molar-refractivity contribution in [2.24, 2.45) is 0 Å². The van der Waals surface area contributed by atoms with Crippen LogP contribution in [0, 0.1) is 0 Å². The van der Waals surface area contributed by atoms with Crippen LogP contribution in [0.4, 0.5) is 0 Å². The first kappa shape index (κ1) is 10.8. The summed E-state index contributed by atoms with van der Waals surface area (Å²) < 4.78 is 1.72. The van der Waals surface area contributed by atoms with E-state index >= 15 is 0 Å². The molecule has 1 fully saturated rings. The molecular formula is C12H14N4S. The highest BCUT2D eigenvalue weighted by molar-refractivity contribution is 7.99. The van der Waals surface area contributed by atoms with Crippen LogP contribution in [0.1, 0.15) is 25.7 Å². The Labute approximate surface area is 104 Å². The van der Waals surface area contributed by atoms with Crippen molar-refractivity contribution in [1.82, 2.24) is 20.0 Å². The van der Waals surface area contributed by atoms with Crippen LogP contribution in [0.15, 0.2) is 35.6 Å². The lowest BCUT2D eigenvalue weighted by atomic mass is 10.4. The molecule has 17 heavy (non-hydrogen) atoms. The van der Waals surface area contributed by atoms with Gasteiger partial charge in [-0.15, -0.1) is 22.0 Å². The van der Waals surface area contributed by atoms with Crippen LogP contribution >= 0.6 is 11.8 Å². The molecular weight excluding hydrogens is 232 g/mol. The quantitative estimate of drug-likeness (QED) is 0.835. The maximum absolute atomic E-state index is 4.25. The first-order valence-corrected chi connectivity index (χ1v) is 6.80. The predicted molar refractivity (Wildman–Crippen MR) is 67.3 cm³/mol. The SMILES string of the molecule is c1cnn(-c2ccc(SC3CCCC3)nn2)c1. The summed E-state index contributed by atoms with van der Waals surface area (Å²) in [6.45, 7) is 0. The Hall–Kier alpha value is -1.36. The van der Waals surface area contributed by atoms with Gasteiger partial charge in [0.1, 0.15) is 5.03 Å². The van der Waals surface area contributed by atoms with Gasteiger partial charge in [-0.2, -0.15) is 5.10 Å². The number of nitrogens with zero attached hydrogens (tertiary/aromatic N) is 4. The van der Waals surface area contributed by atoms with Crippen molar-refractivity contribution in [2.45, 2.75) is 36.0 Å². The van der Waals surface area contributed by atoms with Crippen molar-refractivity contribution >= 4 is 11.8 Å². The molecule has 0 bridgehead atoms. The lowest BCUT2D eigenvalue weighted by Gasteiger charge is -2.07. The Morgan fingerprint density at radius 3 is 2.71 bits per heavy atom. The average Bonchev–Trinajstić information content (AvgIpc) is 3.01. The molecule has 3 rings (SSSR count). The molecule has 2 heterocycles. The van der Waals surface area contributed by atoms with Crippen molar-refractivity contribution in [1.29, 1.82) is 0 Å². The van der Waals surface area contributed by atoms with Gasteiger partial charge in [0.05, 0.1) is 0 Å². The van der Waals surface area contributed by atoms with E-state index in [2.05, 4.69) is 15.3 Å². The van der Waals surface area contributed by atoms with Crippen molar-refractivity contribution in [3.63, 3.8) is 0 Å². The van der Waals surface area contributed by atoms with Crippen molar-refractivity contribution < 1.29 is 0 Å². The molecule has 0 spiro atoms. The molecule has 0 saturated heterocycles. The molecule has 0 aromatic carbocycles. The molecule has 2 aromatic heterocycles. The van der Waals surface area contributed by atoms with Crippen molar-refractivity contribution in [2.75, 3.05) is 0 Å². The fraction of sp³-hybridized carbons (Fsp3) is 0.417. The lowest BCUT2D eigenvalue weighted by Crippen LogP contribution is -2.01. The third kappa shape index (κ3) is 2.49. The van der Waals surface area contributed by atoms with Gasteiger partial charge >= 0.3 is 0 Å². The number of rotatable bonds is 3. The monoisotopic (exact) mass is 246 g/mol. The van der Waals surface area contributed by atoms with E-state index in [1.54, 1.807) is 10.9 Å². The summed E-state index contributed by atoms with van der Waals surface area (Å²) >= 11 is 1.85. The van der Waals surface area contributed by atoms with E-state index in [0.29, 0.717) is 0 Å². The van der Waals surface area contributed by atoms with Crippen LogP contribution < -0.4 is 0 Å². The normalized spacial score (nSPS) is 16.5. The summed E-state index contributed by atoms with van der Waals surface area (Å²) in [5.41, 5.74) is 0. The van der Waals surface area contributed by atoms with Gasteiger partial charge in [0.25, 0.3) is 0 Å². The Morgan fingerprint density at radius 1 is 1.18 bits per heavy atom. The fourth-order valence-corrected chi connectivity index (χ4v) is 3.22. The molecule has 0 amide bonds. The molecule has 2 aromatic rings. The van der Waals surface area contributed by atoms with Crippen LogP contribution in [-0.2, 0) is 0 Å². The Balaban J connectivity index is 1.71. The van der Waals surface area contributed by atoms with Gasteiger partial charge in [0.2, 0.25) is 0 Å². The van der Waals surface area contributed by atoms with E-state index in [-0.39, 0.29) is 0 Å². The minimum Gasteiger partial charge on any atom is -0.221 e. The molecule has 88 valence electrons. The van der Waals surface area contributed by atoms with Gasteiger partial charge in [-0.1, -0.05) is 12.8 Å². The second kappa shape index (κ2) is 4.87. The predicted octanol–water partition coefficient (Wildman–Crippen LogP) is 2.70. The third-order valence-corrected chi connectivity index (χ3v) is 4.22. The molecule has 1 saturated carbocycles. The zero-order chi connectivity index (χ0) is 11.5. The topological polar surface area (TPSA) is 43.6 Å². The number of aromatic nitrogens is 4. The Kier molecular flexibility index (Phi) is 3.09. The minimum absolute atomic E-state index is 0.736. The molecule has 1 aliphatic rings. The van der Waals surface area contributed by atoms with Crippen LogP contribution in [0.5, 0.6) is 0 Å². The van der Waals surface area contributed by atoms with Crippen molar-refractivity contribution in [3.05, 3.63) is 30.6 Å². The van der Waals surface area contributed by atoms with E-state index in [9.17, 15) is 0 Å². The summed E-state index contributed by atoms with van der Waals surface area (Å²) in [6, 6.07) is 5.88. The highest BCUT2D eigenvalue weighted by Crippen LogP contribution is 2.33. The number of hydrogen-bond donors (Lipinski definition) is 0. The first-order chi connectivity index (χ1) is 8.42. The van der Waals surface area contributed by atoms with Crippen LogP contribution in [0.3, 0.4) is 0 Å². The largest absolute Gasteiger partial charge is 0.221 e. The second-order valence-electron chi connectivity index (χ2n) is 4.20. The molecule has 0 atom stereocenters. The molecule has 0 N–H and O–H groups in total. The van der Waals surface area contributed by atoms with Gasteiger partial charge in [0.15, 0.2) is 5.82 Å². The van der Waals surface area contributed by atoms with Crippen LogP contribution in [0.25, 0.3) is 5.82 Å². The number of thioether (sulfide) groups is 1. The molecule has 0 aliphatic heterocycles. The zero-order valence-electron chi connectivity index (χ0n) is 9.49. The summed E-state index contributed by atoms with van der Waals surface area (Å²) in [4.78, 5) is 0. The van der Waals surface area contributed by atoms with E-state index < -0.39 is 0 Å². The van der Waals surface area contributed by atoms with Crippen LogP contribution in [0.2, 0.25) is 0 Å². The fourth-order valence-electron chi connectivity index (χ4n) is 2.08. The zero-order valence-corrected chi connectivity index (χ0v) is 10.3. The average molecular weight is 246 g/mol. The Morgan fingerprint density at radius 2 is 2.06 bits per heavy atom. The van der Waals surface area contributed by atoms with Crippen LogP contribution in [-0.4, -0.2) is 25.2 Å². The third-order valence-electron chi connectivity index (χ3n) is 2.95. The van der Waals surface area contributed by atoms with E-state index in [4.69, 9.17) is 0 Å².